The molecule has 6 heteroatoms. The molecule has 0 saturated carbocycles. The number of nitrogens with zero attached hydrogens (tertiary/aromatic N) is 1. The molecule has 2 heterocycles. The lowest BCUT2D eigenvalue weighted by atomic mass is 10.2. The van der Waals surface area contributed by atoms with Crippen LogP contribution in [0, 0.1) is 0 Å². The molecule has 1 aromatic carbocycles. The maximum Gasteiger partial charge on any atom is 0.251 e. The van der Waals surface area contributed by atoms with Crippen molar-refractivity contribution in [2.75, 3.05) is 13.2 Å². The molecule has 1 aliphatic rings. The Morgan fingerprint density at radius 3 is 2.70 bits per heavy atom. The Hall–Kier alpha value is -2.34. The molecule has 5 nitrogen and oxygen atoms in total. The Balaban J connectivity index is 1.52. The van der Waals surface area contributed by atoms with E-state index in [4.69, 9.17) is 4.74 Å². The summed E-state index contributed by atoms with van der Waals surface area (Å²) in [6, 6.07) is 11.3. The number of ether oxygens (including phenoxy) is 1. The van der Waals surface area contributed by atoms with Crippen molar-refractivity contribution in [3.8, 4) is 5.75 Å². The normalized spacial score (nSPS) is 16.6. The van der Waals surface area contributed by atoms with Crippen LogP contribution in [0.1, 0.15) is 41.9 Å². The van der Waals surface area contributed by atoms with Gasteiger partial charge in [-0.2, -0.15) is 0 Å². The van der Waals surface area contributed by atoms with E-state index in [0.29, 0.717) is 24.3 Å². The van der Waals surface area contributed by atoms with E-state index < -0.39 is 0 Å². The quantitative estimate of drug-likeness (QED) is 0.792. The number of benzene rings is 1. The van der Waals surface area contributed by atoms with Gasteiger partial charge in [0.15, 0.2) is 0 Å². The second-order valence-corrected chi connectivity index (χ2v) is 8.14. The van der Waals surface area contributed by atoms with Crippen molar-refractivity contribution in [1.29, 1.82) is 0 Å². The number of carbonyl (C=O) groups excluding carboxylic acids is 2. The van der Waals surface area contributed by atoms with Gasteiger partial charge in [0.2, 0.25) is 5.91 Å². The second-order valence-electron chi connectivity index (χ2n) is 7.10. The number of rotatable bonds is 7. The summed E-state index contributed by atoms with van der Waals surface area (Å²) < 4.78 is 5.90. The van der Waals surface area contributed by atoms with E-state index in [1.807, 2.05) is 48.4 Å². The monoisotopic (exact) mass is 386 g/mol. The summed E-state index contributed by atoms with van der Waals surface area (Å²) >= 11 is 1.62. The van der Waals surface area contributed by atoms with Crippen LogP contribution in [0.2, 0.25) is 0 Å². The molecule has 0 unspecified atom stereocenters. The van der Waals surface area contributed by atoms with Crippen LogP contribution in [0.25, 0.3) is 0 Å². The third-order valence-corrected chi connectivity index (χ3v) is 5.46. The summed E-state index contributed by atoms with van der Waals surface area (Å²) in [4.78, 5) is 27.6. The highest BCUT2D eigenvalue weighted by Gasteiger charge is 2.29. The summed E-state index contributed by atoms with van der Waals surface area (Å²) in [5.41, 5.74) is 0.615. The molecule has 2 aromatic rings. The first-order chi connectivity index (χ1) is 13.0. The molecular formula is C21H26N2O3S. The predicted molar refractivity (Wildman–Crippen MR) is 107 cm³/mol. The molecule has 1 saturated heterocycles. The molecule has 0 radical (unpaired) electrons. The molecule has 0 aliphatic carbocycles. The van der Waals surface area contributed by atoms with Crippen molar-refractivity contribution < 1.29 is 14.3 Å². The van der Waals surface area contributed by atoms with E-state index in [0.717, 1.165) is 24.3 Å². The average Bonchev–Trinajstić information content (AvgIpc) is 3.31. The van der Waals surface area contributed by atoms with Crippen LogP contribution in [-0.4, -0.2) is 41.9 Å². The number of likely N-dealkylation sites (tertiary alicyclic amines) is 1. The molecule has 1 aromatic heterocycles. The highest BCUT2D eigenvalue weighted by atomic mass is 32.1. The fourth-order valence-electron chi connectivity index (χ4n) is 3.24. The largest absolute Gasteiger partial charge is 0.491 e. The number of hydrogen-bond acceptors (Lipinski definition) is 4. The van der Waals surface area contributed by atoms with Gasteiger partial charge in [-0.05, 0) is 62.4 Å². The van der Waals surface area contributed by atoms with Gasteiger partial charge in [0, 0.05) is 23.0 Å². The van der Waals surface area contributed by atoms with Crippen molar-refractivity contribution in [1.82, 2.24) is 10.2 Å². The first-order valence-electron chi connectivity index (χ1n) is 9.38. The number of hydrogen-bond donors (Lipinski definition) is 1. The minimum Gasteiger partial charge on any atom is -0.491 e. The topological polar surface area (TPSA) is 58.6 Å². The molecule has 1 atom stereocenters. The standard InChI is InChI=1S/C21H26N2O3S/c1-15(2)22-21(25)16-7-9-18(10-8-16)26-14-17-5-3-11-23(17)20(24)13-19-6-4-12-27-19/h4,6-10,12,15,17H,3,5,11,13-14H2,1-2H3,(H,22,25)/t17-/m1/s1. The van der Waals surface area contributed by atoms with Gasteiger partial charge in [-0.1, -0.05) is 6.07 Å². The van der Waals surface area contributed by atoms with Gasteiger partial charge in [0.05, 0.1) is 12.5 Å². The summed E-state index contributed by atoms with van der Waals surface area (Å²) in [5.74, 6) is 0.801. The second kappa shape index (κ2) is 9.04. The lowest BCUT2D eigenvalue weighted by Crippen LogP contribution is -2.39. The number of carbonyl (C=O) groups is 2. The molecular weight excluding hydrogens is 360 g/mol. The van der Waals surface area contributed by atoms with Crippen molar-refractivity contribution in [2.24, 2.45) is 0 Å². The zero-order chi connectivity index (χ0) is 19.2. The summed E-state index contributed by atoms with van der Waals surface area (Å²) in [6.45, 7) is 5.14. The van der Waals surface area contributed by atoms with Crippen molar-refractivity contribution in [3.05, 3.63) is 52.2 Å². The molecule has 27 heavy (non-hydrogen) atoms. The van der Waals surface area contributed by atoms with Gasteiger partial charge in [-0.15, -0.1) is 11.3 Å². The fourth-order valence-corrected chi connectivity index (χ4v) is 3.94. The lowest BCUT2D eigenvalue weighted by molar-refractivity contribution is -0.131. The number of nitrogens with one attached hydrogen (secondary N) is 1. The summed E-state index contributed by atoms with van der Waals surface area (Å²) in [5, 5.41) is 4.87. The van der Waals surface area contributed by atoms with Crippen LogP contribution in [0.4, 0.5) is 0 Å². The predicted octanol–water partition coefficient (Wildman–Crippen LogP) is 3.50. The Kier molecular flexibility index (Phi) is 6.50. The Morgan fingerprint density at radius 1 is 1.26 bits per heavy atom. The minimum atomic E-state index is -0.0855. The van der Waals surface area contributed by atoms with Crippen LogP contribution < -0.4 is 10.1 Å². The Labute approximate surface area is 164 Å². The van der Waals surface area contributed by atoms with Gasteiger partial charge >= 0.3 is 0 Å². The van der Waals surface area contributed by atoms with E-state index in [2.05, 4.69) is 5.32 Å². The van der Waals surface area contributed by atoms with Crippen LogP contribution in [-0.2, 0) is 11.2 Å². The average molecular weight is 387 g/mol. The zero-order valence-electron chi connectivity index (χ0n) is 15.8. The van der Waals surface area contributed by atoms with Crippen LogP contribution >= 0.6 is 11.3 Å². The van der Waals surface area contributed by atoms with Crippen molar-refractivity contribution in [2.45, 2.75) is 45.2 Å². The maximum atomic E-state index is 12.6. The minimum absolute atomic E-state index is 0.0855. The highest BCUT2D eigenvalue weighted by molar-refractivity contribution is 7.10. The smallest absolute Gasteiger partial charge is 0.251 e. The summed E-state index contributed by atoms with van der Waals surface area (Å²) in [7, 11) is 0. The van der Waals surface area contributed by atoms with Crippen molar-refractivity contribution in [3.63, 3.8) is 0 Å². The molecule has 0 bridgehead atoms. The van der Waals surface area contributed by atoms with E-state index in [1.54, 1.807) is 23.5 Å². The van der Waals surface area contributed by atoms with Crippen LogP contribution in [0.15, 0.2) is 41.8 Å². The van der Waals surface area contributed by atoms with Crippen molar-refractivity contribution >= 4 is 23.2 Å². The first-order valence-corrected chi connectivity index (χ1v) is 10.3. The first kappa shape index (κ1) is 19.4. The number of amides is 2. The van der Waals surface area contributed by atoms with Gasteiger partial charge in [0.25, 0.3) is 5.91 Å². The molecule has 2 amide bonds. The molecule has 1 aliphatic heterocycles. The van der Waals surface area contributed by atoms with Gasteiger partial charge in [-0.3, -0.25) is 9.59 Å². The van der Waals surface area contributed by atoms with E-state index in [-0.39, 0.29) is 23.9 Å². The highest BCUT2D eigenvalue weighted by Crippen LogP contribution is 2.21. The van der Waals surface area contributed by atoms with Crippen LogP contribution in [0.5, 0.6) is 5.75 Å². The van der Waals surface area contributed by atoms with Gasteiger partial charge in [-0.25, -0.2) is 0 Å². The van der Waals surface area contributed by atoms with E-state index in [1.165, 1.54) is 0 Å². The van der Waals surface area contributed by atoms with Crippen LogP contribution in [0.3, 0.4) is 0 Å². The number of thiophene rings is 1. The van der Waals surface area contributed by atoms with Gasteiger partial charge < -0.3 is 15.0 Å². The summed E-state index contributed by atoms with van der Waals surface area (Å²) in [6.07, 6.45) is 2.44. The molecule has 0 spiro atoms. The molecule has 144 valence electrons. The fraction of sp³-hybridized carbons (Fsp3) is 0.429. The Morgan fingerprint density at radius 2 is 2.04 bits per heavy atom. The van der Waals surface area contributed by atoms with E-state index in [9.17, 15) is 9.59 Å². The third-order valence-electron chi connectivity index (χ3n) is 4.58. The Bertz CT molecular complexity index is 756. The molecule has 1 N–H and O–H groups in total. The van der Waals surface area contributed by atoms with Gasteiger partial charge in [0.1, 0.15) is 12.4 Å². The zero-order valence-corrected chi connectivity index (χ0v) is 16.6. The lowest BCUT2D eigenvalue weighted by Gasteiger charge is -2.24. The maximum absolute atomic E-state index is 12.6. The molecule has 1 fully saturated rings. The van der Waals surface area contributed by atoms with E-state index >= 15 is 0 Å². The SMILES string of the molecule is CC(C)NC(=O)c1ccc(OC[C@H]2CCCN2C(=O)Cc2cccs2)cc1. The third kappa shape index (κ3) is 5.32. The molecule has 3 rings (SSSR count).